The smallest absolute Gasteiger partial charge is 0.137 e. The van der Waals surface area contributed by atoms with Crippen LogP contribution in [0.5, 0.6) is 0 Å². The first-order valence-corrected chi connectivity index (χ1v) is 7.64. The van der Waals surface area contributed by atoms with Crippen LogP contribution in [0.1, 0.15) is 35.3 Å². The normalized spacial score (nSPS) is 10.8. The van der Waals surface area contributed by atoms with Crippen LogP contribution in [-0.2, 0) is 13.0 Å². The van der Waals surface area contributed by atoms with Crippen molar-refractivity contribution in [3.63, 3.8) is 0 Å². The Morgan fingerprint density at radius 1 is 1.30 bits per heavy atom. The van der Waals surface area contributed by atoms with Crippen LogP contribution in [0.15, 0.2) is 5.51 Å². The van der Waals surface area contributed by atoms with Crippen LogP contribution in [-0.4, -0.2) is 22.0 Å². The molecule has 0 spiro atoms. The van der Waals surface area contributed by atoms with Crippen LogP contribution in [0, 0.1) is 13.8 Å². The minimum absolute atomic E-state index is 0.575. The van der Waals surface area contributed by atoms with E-state index in [0.29, 0.717) is 5.82 Å². The van der Waals surface area contributed by atoms with Crippen molar-refractivity contribution in [2.75, 3.05) is 17.7 Å². The van der Waals surface area contributed by atoms with E-state index in [1.54, 1.807) is 11.3 Å². The van der Waals surface area contributed by atoms with Gasteiger partial charge in [0, 0.05) is 23.9 Å². The Labute approximate surface area is 123 Å². The van der Waals surface area contributed by atoms with Crippen molar-refractivity contribution >= 4 is 23.0 Å². The van der Waals surface area contributed by atoms with E-state index in [9.17, 15) is 0 Å². The number of anilines is 2. The summed E-state index contributed by atoms with van der Waals surface area (Å²) in [5.41, 5.74) is 9.90. The molecule has 0 saturated heterocycles. The second-order valence-electron chi connectivity index (χ2n) is 4.94. The number of nitrogens with zero attached hydrogens (tertiary/aromatic N) is 4. The lowest BCUT2D eigenvalue weighted by atomic mass is 10.2. The molecule has 0 atom stereocenters. The molecule has 0 bridgehead atoms. The number of thiazole rings is 1. The van der Waals surface area contributed by atoms with Gasteiger partial charge in [-0.1, -0.05) is 6.92 Å². The number of rotatable bonds is 5. The monoisotopic (exact) mass is 291 g/mol. The molecule has 2 N–H and O–H groups in total. The number of hydrogen-bond donors (Lipinski definition) is 1. The van der Waals surface area contributed by atoms with Gasteiger partial charge in [-0.3, -0.25) is 0 Å². The predicted octanol–water partition coefficient (Wildman–Crippen LogP) is 2.72. The van der Waals surface area contributed by atoms with Crippen molar-refractivity contribution in [3.8, 4) is 0 Å². The van der Waals surface area contributed by atoms with Gasteiger partial charge >= 0.3 is 0 Å². The van der Waals surface area contributed by atoms with Gasteiger partial charge in [0.1, 0.15) is 17.5 Å². The largest absolute Gasteiger partial charge is 0.383 e. The molecule has 2 heterocycles. The molecule has 2 aromatic rings. The molecule has 0 fully saturated rings. The third kappa shape index (κ3) is 3.07. The highest BCUT2D eigenvalue weighted by Crippen LogP contribution is 2.24. The molecule has 2 rings (SSSR count). The van der Waals surface area contributed by atoms with E-state index in [1.807, 2.05) is 26.4 Å². The number of nitrogens with two attached hydrogens (primary N) is 1. The summed E-state index contributed by atoms with van der Waals surface area (Å²) in [6.07, 6.45) is 1.87. The molecule has 0 amide bonds. The number of nitrogen functional groups attached to an aromatic ring is 1. The minimum atomic E-state index is 0.575. The van der Waals surface area contributed by atoms with E-state index in [4.69, 9.17) is 5.73 Å². The highest BCUT2D eigenvalue weighted by Gasteiger charge is 2.14. The maximum absolute atomic E-state index is 6.01. The molecule has 0 unspecified atom stereocenters. The quantitative estimate of drug-likeness (QED) is 0.917. The first kappa shape index (κ1) is 14.7. The molecule has 2 aromatic heterocycles. The third-order valence-electron chi connectivity index (χ3n) is 3.26. The van der Waals surface area contributed by atoms with Crippen molar-refractivity contribution in [1.82, 2.24) is 15.0 Å². The summed E-state index contributed by atoms with van der Waals surface area (Å²) in [6, 6.07) is 0. The summed E-state index contributed by atoms with van der Waals surface area (Å²) in [6.45, 7) is 6.91. The third-order valence-corrected chi connectivity index (χ3v) is 4.18. The lowest BCUT2D eigenvalue weighted by molar-refractivity contribution is 0.810. The Kier molecular flexibility index (Phi) is 4.54. The van der Waals surface area contributed by atoms with E-state index in [1.165, 1.54) is 4.88 Å². The molecule has 0 aliphatic heterocycles. The predicted molar refractivity (Wildman–Crippen MR) is 84.1 cm³/mol. The molecule has 0 aromatic carbocycles. The zero-order valence-electron chi connectivity index (χ0n) is 12.5. The molecule has 0 radical (unpaired) electrons. The SMILES string of the molecule is CCCc1nc(N)c(C)c(N(C)Cc2scnc2C)n1. The van der Waals surface area contributed by atoms with Crippen LogP contribution < -0.4 is 10.6 Å². The Balaban J connectivity index is 2.28. The van der Waals surface area contributed by atoms with Gasteiger partial charge in [-0.2, -0.15) is 0 Å². The summed E-state index contributed by atoms with van der Waals surface area (Å²) < 4.78 is 0. The summed E-state index contributed by atoms with van der Waals surface area (Å²) in [5.74, 6) is 2.30. The van der Waals surface area contributed by atoms with E-state index < -0.39 is 0 Å². The second-order valence-corrected chi connectivity index (χ2v) is 5.88. The molecule has 6 heteroatoms. The van der Waals surface area contributed by atoms with Gasteiger partial charge in [-0.15, -0.1) is 11.3 Å². The fraction of sp³-hybridized carbons (Fsp3) is 0.500. The lowest BCUT2D eigenvalue weighted by Gasteiger charge is -2.21. The van der Waals surface area contributed by atoms with Crippen molar-refractivity contribution in [1.29, 1.82) is 0 Å². The van der Waals surface area contributed by atoms with E-state index in [-0.39, 0.29) is 0 Å². The van der Waals surface area contributed by atoms with Gasteiger partial charge in [0.05, 0.1) is 17.7 Å². The molecule has 0 saturated carbocycles. The van der Waals surface area contributed by atoms with Crippen LogP contribution in [0.3, 0.4) is 0 Å². The summed E-state index contributed by atoms with van der Waals surface area (Å²) in [4.78, 5) is 16.7. The second kappa shape index (κ2) is 6.17. The highest BCUT2D eigenvalue weighted by molar-refractivity contribution is 7.09. The Bertz CT molecular complexity index is 593. The maximum Gasteiger partial charge on any atom is 0.137 e. The zero-order chi connectivity index (χ0) is 14.7. The highest BCUT2D eigenvalue weighted by atomic mass is 32.1. The maximum atomic E-state index is 6.01. The summed E-state index contributed by atoms with van der Waals surface area (Å²) >= 11 is 1.67. The molecule has 0 aliphatic rings. The van der Waals surface area contributed by atoms with Gasteiger partial charge in [0.15, 0.2) is 0 Å². The number of hydrogen-bond acceptors (Lipinski definition) is 6. The standard InChI is InChI=1S/C14H21N5S/c1-5-6-12-17-13(15)9(2)14(18-12)19(4)7-11-10(3)16-8-20-11/h8H,5-7H2,1-4H3,(H2,15,17,18). The van der Waals surface area contributed by atoms with Crippen molar-refractivity contribution < 1.29 is 0 Å². The molecular weight excluding hydrogens is 270 g/mol. The van der Waals surface area contributed by atoms with Gasteiger partial charge < -0.3 is 10.6 Å². The van der Waals surface area contributed by atoms with Gasteiger partial charge in [0.2, 0.25) is 0 Å². The van der Waals surface area contributed by atoms with Gasteiger partial charge in [0.25, 0.3) is 0 Å². The molecule has 108 valence electrons. The molecule has 5 nitrogen and oxygen atoms in total. The average Bonchev–Trinajstić information content (AvgIpc) is 2.79. The summed E-state index contributed by atoms with van der Waals surface area (Å²) in [7, 11) is 2.03. The molecular formula is C14H21N5S. The average molecular weight is 291 g/mol. The van der Waals surface area contributed by atoms with Crippen LogP contribution in [0.2, 0.25) is 0 Å². The first-order chi connectivity index (χ1) is 9.52. The first-order valence-electron chi connectivity index (χ1n) is 6.76. The number of aryl methyl sites for hydroxylation is 2. The zero-order valence-corrected chi connectivity index (χ0v) is 13.3. The van der Waals surface area contributed by atoms with E-state index in [0.717, 1.165) is 42.3 Å². The lowest BCUT2D eigenvalue weighted by Crippen LogP contribution is -2.20. The fourth-order valence-electron chi connectivity index (χ4n) is 2.04. The van der Waals surface area contributed by atoms with Crippen molar-refractivity contribution in [3.05, 3.63) is 27.5 Å². The van der Waals surface area contributed by atoms with E-state index >= 15 is 0 Å². The summed E-state index contributed by atoms with van der Waals surface area (Å²) in [5, 5.41) is 0. The van der Waals surface area contributed by atoms with Gasteiger partial charge in [-0.25, -0.2) is 15.0 Å². The Morgan fingerprint density at radius 2 is 2.05 bits per heavy atom. The molecule has 0 aliphatic carbocycles. The van der Waals surface area contributed by atoms with Crippen molar-refractivity contribution in [2.45, 2.75) is 40.2 Å². The Hall–Kier alpha value is -1.69. The number of aromatic nitrogens is 3. The van der Waals surface area contributed by atoms with Crippen LogP contribution in [0.4, 0.5) is 11.6 Å². The van der Waals surface area contributed by atoms with Crippen molar-refractivity contribution in [2.24, 2.45) is 0 Å². The topological polar surface area (TPSA) is 67.9 Å². The van der Waals surface area contributed by atoms with Gasteiger partial charge in [-0.05, 0) is 20.3 Å². The Morgan fingerprint density at radius 3 is 2.65 bits per heavy atom. The minimum Gasteiger partial charge on any atom is -0.383 e. The molecule has 20 heavy (non-hydrogen) atoms. The fourth-order valence-corrected chi connectivity index (χ4v) is 2.87. The van der Waals surface area contributed by atoms with Crippen LogP contribution in [0.25, 0.3) is 0 Å². The van der Waals surface area contributed by atoms with E-state index in [2.05, 4.69) is 26.8 Å². The van der Waals surface area contributed by atoms with Crippen LogP contribution >= 0.6 is 11.3 Å².